The molecular weight excluding hydrogens is 217 g/mol. The van der Waals surface area contributed by atoms with Crippen LogP contribution in [0.5, 0.6) is 0 Å². The Morgan fingerprint density at radius 2 is 2.00 bits per heavy atom. The van der Waals surface area contributed by atoms with Crippen LogP contribution >= 0.6 is 0 Å². The van der Waals surface area contributed by atoms with Gasteiger partial charge in [0, 0.05) is 0 Å². The van der Waals surface area contributed by atoms with E-state index in [-0.39, 0.29) is 10.7 Å². The minimum atomic E-state index is -0.160. The summed E-state index contributed by atoms with van der Waals surface area (Å²) in [4.78, 5) is 10.8. The van der Waals surface area contributed by atoms with Crippen LogP contribution in [0.4, 0.5) is 5.69 Å². The van der Waals surface area contributed by atoms with Crippen molar-refractivity contribution in [3.05, 3.63) is 30.3 Å². The van der Waals surface area contributed by atoms with Crippen molar-refractivity contribution < 1.29 is 4.79 Å². The van der Waals surface area contributed by atoms with Crippen molar-refractivity contribution in [1.29, 1.82) is 0 Å². The van der Waals surface area contributed by atoms with Crippen LogP contribution in [0.25, 0.3) is 0 Å². The Hall–Kier alpha value is -0.791. The fourth-order valence-corrected chi connectivity index (χ4v) is 0.967. The zero-order chi connectivity index (χ0) is 8.97. The molecule has 1 radical (unpaired) electrons. The Kier molecular flexibility index (Phi) is 3.32. The number of anilines is 1. The van der Waals surface area contributed by atoms with Crippen LogP contribution in [0.15, 0.2) is 30.3 Å². The molecule has 1 aromatic carbocycles. The molecule has 0 bridgehead atoms. The fourth-order valence-electron chi connectivity index (χ4n) is 0.843. The molecule has 1 unspecified atom stereocenters. The standard InChI is InChI=1S/C9H10NOSe/c1-7(9(11)12)10-8-5-3-2-4-6-8/h2-7,10H,1H3. The molecule has 1 N–H and O–H groups in total. The van der Waals surface area contributed by atoms with Crippen molar-refractivity contribution in [3.8, 4) is 0 Å². The van der Waals surface area contributed by atoms with Crippen molar-refractivity contribution in [2.45, 2.75) is 13.0 Å². The topological polar surface area (TPSA) is 29.1 Å². The molecule has 1 rings (SSSR count). The summed E-state index contributed by atoms with van der Waals surface area (Å²) >= 11 is 2.46. The monoisotopic (exact) mass is 228 g/mol. The van der Waals surface area contributed by atoms with Gasteiger partial charge in [-0.2, -0.15) is 0 Å². The van der Waals surface area contributed by atoms with Gasteiger partial charge in [-0.3, -0.25) is 0 Å². The van der Waals surface area contributed by atoms with E-state index in [0.29, 0.717) is 0 Å². The zero-order valence-electron chi connectivity index (χ0n) is 6.78. The normalized spacial score (nSPS) is 12.1. The summed E-state index contributed by atoms with van der Waals surface area (Å²) in [5.74, 6) is 0. The maximum absolute atomic E-state index is 10.8. The number of carbonyl (C=O) groups excluding carboxylic acids is 1. The summed E-state index contributed by atoms with van der Waals surface area (Å²) < 4.78 is 0.0267. The van der Waals surface area contributed by atoms with Gasteiger partial charge in [0.2, 0.25) is 0 Å². The Balaban J connectivity index is 2.58. The molecule has 0 aliphatic rings. The SMILES string of the molecule is CC(Nc1ccccc1)C(=O)[Se]. The van der Waals surface area contributed by atoms with Crippen molar-refractivity contribution in [2.24, 2.45) is 0 Å². The van der Waals surface area contributed by atoms with E-state index in [0.717, 1.165) is 5.69 Å². The molecule has 0 fully saturated rings. The molecule has 0 aliphatic heterocycles. The Morgan fingerprint density at radius 3 is 2.50 bits per heavy atom. The molecule has 0 aromatic heterocycles. The van der Waals surface area contributed by atoms with E-state index >= 15 is 0 Å². The van der Waals surface area contributed by atoms with Crippen molar-refractivity contribution in [1.82, 2.24) is 0 Å². The van der Waals surface area contributed by atoms with Gasteiger partial charge in [-0.25, -0.2) is 0 Å². The van der Waals surface area contributed by atoms with E-state index in [9.17, 15) is 4.79 Å². The number of nitrogens with one attached hydrogen (secondary N) is 1. The van der Waals surface area contributed by atoms with Crippen LogP contribution in [-0.2, 0) is 4.79 Å². The summed E-state index contributed by atoms with van der Waals surface area (Å²) in [7, 11) is 0. The number of rotatable bonds is 3. The van der Waals surface area contributed by atoms with Gasteiger partial charge < -0.3 is 0 Å². The molecule has 1 atom stereocenters. The number of hydrogen-bond acceptors (Lipinski definition) is 2. The molecule has 1 aromatic rings. The van der Waals surface area contributed by atoms with Gasteiger partial charge in [0.15, 0.2) is 0 Å². The molecule has 0 saturated carbocycles. The number of para-hydroxylation sites is 1. The van der Waals surface area contributed by atoms with Gasteiger partial charge >= 0.3 is 79.8 Å². The van der Waals surface area contributed by atoms with Crippen LogP contribution in [0.1, 0.15) is 6.92 Å². The molecule has 0 saturated heterocycles. The third-order valence-electron chi connectivity index (χ3n) is 1.51. The van der Waals surface area contributed by atoms with Gasteiger partial charge in [0.05, 0.1) is 0 Å². The van der Waals surface area contributed by atoms with Crippen LogP contribution in [-0.4, -0.2) is 26.7 Å². The number of hydrogen-bond donors (Lipinski definition) is 1. The molecule has 12 heavy (non-hydrogen) atoms. The fraction of sp³-hybridized carbons (Fsp3) is 0.222. The molecule has 0 aliphatic carbocycles. The average molecular weight is 227 g/mol. The van der Waals surface area contributed by atoms with E-state index < -0.39 is 0 Å². The summed E-state index contributed by atoms with van der Waals surface area (Å²) in [6.45, 7) is 1.83. The third kappa shape index (κ3) is 2.68. The first-order valence-electron chi connectivity index (χ1n) is 3.72. The van der Waals surface area contributed by atoms with Crippen LogP contribution in [0.3, 0.4) is 0 Å². The quantitative estimate of drug-likeness (QED) is 0.785. The van der Waals surface area contributed by atoms with Gasteiger partial charge in [0.1, 0.15) is 0 Å². The second kappa shape index (κ2) is 4.29. The summed E-state index contributed by atoms with van der Waals surface area (Å²) in [5, 5.41) is 3.06. The van der Waals surface area contributed by atoms with Crippen molar-refractivity contribution in [3.63, 3.8) is 0 Å². The van der Waals surface area contributed by atoms with E-state index in [4.69, 9.17) is 0 Å². The third-order valence-corrected chi connectivity index (χ3v) is 2.25. The molecule has 0 spiro atoms. The van der Waals surface area contributed by atoms with Gasteiger partial charge in [-0.05, 0) is 0 Å². The van der Waals surface area contributed by atoms with Gasteiger partial charge in [-0.15, -0.1) is 0 Å². The molecule has 0 heterocycles. The minimum absolute atomic E-state index is 0.0267. The summed E-state index contributed by atoms with van der Waals surface area (Å²) in [6, 6.07) is 9.50. The predicted octanol–water partition coefficient (Wildman–Crippen LogP) is 1.18. The Labute approximate surface area is 80.2 Å². The van der Waals surface area contributed by atoms with Gasteiger partial charge in [-0.1, -0.05) is 0 Å². The van der Waals surface area contributed by atoms with E-state index in [1.807, 2.05) is 37.3 Å². The zero-order valence-corrected chi connectivity index (χ0v) is 8.49. The maximum atomic E-state index is 10.8. The van der Waals surface area contributed by atoms with Crippen LogP contribution in [0, 0.1) is 0 Å². The first-order chi connectivity index (χ1) is 5.70. The van der Waals surface area contributed by atoms with E-state index in [1.54, 1.807) is 0 Å². The van der Waals surface area contributed by atoms with Crippen LogP contribution in [0.2, 0.25) is 0 Å². The average Bonchev–Trinajstić information content (AvgIpc) is 2.06. The van der Waals surface area contributed by atoms with Crippen molar-refractivity contribution in [2.75, 3.05) is 5.32 Å². The first-order valence-corrected chi connectivity index (χ1v) is 4.58. The first kappa shape index (κ1) is 9.30. The second-order valence-corrected chi connectivity index (χ2v) is 3.40. The summed E-state index contributed by atoms with van der Waals surface area (Å²) in [6.07, 6.45) is 0. The van der Waals surface area contributed by atoms with E-state index in [1.165, 1.54) is 0 Å². The van der Waals surface area contributed by atoms with E-state index in [2.05, 4.69) is 21.3 Å². The second-order valence-electron chi connectivity index (χ2n) is 2.55. The number of benzene rings is 1. The Morgan fingerprint density at radius 1 is 1.42 bits per heavy atom. The van der Waals surface area contributed by atoms with Crippen LogP contribution < -0.4 is 5.32 Å². The Bertz CT molecular complexity index is 260. The number of carbonyl (C=O) groups is 1. The molecular formula is C9H10NOSe. The molecule has 0 amide bonds. The van der Waals surface area contributed by atoms with Gasteiger partial charge in [0.25, 0.3) is 0 Å². The summed E-state index contributed by atoms with van der Waals surface area (Å²) in [5.41, 5.74) is 0.966. The molecule has 2 nitrogen and oxygen atoms in total. The predicted molar refractivity (Wildman–Crippen MR) is 50.3 cm³/mol. The molecule has 3 heteroatoms. The molecule has 63 valence electrons. The van der Waals surface area contributed by atoms with Crippen molar-refractivity contribution >= 4 is 26.4 Å².